The van der Waals surface area contributed by atoms with Crippen LogP contribution in [0.15, 0.2) is 109 Å². The highest BCUT2D eigenvalue weighted by Gasteiger charge is 2.38. The van der Waals surface area contributed by atoms with Crippen molar-refractivity contribution in [3.63, 3.8) is 0 Å². The number of ether oxygens (including phenoxy) is 1. The monoisotopic (exact) mass is 630 g/mol. The molecule has 0 aromatic heterocycles. The molecule has 10 heteroatoms. The van der Waals surface area contributed by atoms with Crippen LogP contribution in [0.25, 0.3) is 11.1 Å². The first-order valence-electron chi connectivity index (χ1n) is 14.2. The second-order valence-corrected chi connectivity index (χ2v) is 11.0. The van der Waals surface area contributed by atoms with Crippen molar-refractivity contribution in [2.24, 2.45) is 5.92 Å². The predicted molar refractivity (Wildman–Crippen MR) is 158 cm³/mol. The lowest BCUT2D eigenvalue weighted by Gasteiger charge is -2.38. The van der Waals surface area contributed by atoms with Crippen molar-refractivity contribution in [1.29, 1.82) is 0 Å². The Morgan fingerprint density at radius 1 is 0.911 bits per heavy atom. The van der Waals surface area contributed by atoms with Gasteiger partial charge in [0, 0.05) is 18.8 Å². The molecule has 0 radical (unpaired) electrons. The van der Waals surface area contributed by atoms with Gasteiger partial charge < -0.3 is 14.9 Å². The standard InChI is InChI=1S/C35H32F6O4/c36-29(19-31(38)20-33(43)44)3-1-2-28-18-30(37)16-17-34(28,21-23-6-14-32(42)15-7-23)45-22-24-4-8-25(9-5-24)26-10-12-27(13-11-26)35(39,40)41/h1-2,4-18,28-29,31,42H,3,19-22H2,(H,43,44). The number of aromatic hydroxyl groups is 1. The fourth-order valence-electron chi connectivity index (χ4n) is 5.11. The Morgan fingerprint density at radius 2 is 1.51 bits per heavy atom. The molecular weight excluding hydrogens is 598 g/mol. The van der Waals surface area contributed by atoms with Gasteiger partial charge in [-0.25, -0.2) is 13.2 Å². The van der Waals surface area contributed by atoms with E-state index in [1.807, 2.05) is 0 Å². The summed E-state index contributed by atoms with van der Waals surface area (Å²) in [5, 5.41) is 18.4. The van der Waals surface area contributed by atoms with Crippen LogP contribution in [0.2, 0.25) is 0 Å². The molecule has 3 aromatic rings. The minimum absolute atomic E-state index is 0.0616. The molecule has 0 amide bonds. The molecule has 1 aliphatic rings. The number of halogens is 6. The van der Waals surface area contributed by atoms with E-state index in [2.05, 4.69) is 0 Å². The zero-order chi connectivity index (χ0) is 32.6. The number of alkyl halides is 5. The molecule has 0 fully saturated rings. The van der Waals surface area contributed by atoms with Crippen LogP contribution in [-0.2, 0) is 28.7 Å². The number of rotatable bonds is 13. The molecule has 3 aromatic carbocycles. The summed E-state index contributed by atoms with van der Waals surface area (Å²) >= 11 is 0. The maximum Gasteiger partial charge on any atom is 0.416 e. The van der Waals surface area contributed by atoms with Gasteiger partial charge in [-0.1, -0.05) is 60.7 Å². The van der Waals surface area contributed by atoms with E-state index in [-0.39, 0.29) is 25.2 Å². The SMILES string of the molecule is O=C(O)CC(F)CC(F)CC=CC1C=C(F)C=CC1(Cc1ccc(O)cc1)OCc1ccc(-c2ccc(C(F)(F)F)cc2)cc1. The van der Waals surface area contributed by atoms with Crippen molar-refractivity contribution in [2.45, 2.75) is 56.4 Å². The van der Waals surface area contributed by atoms with Gasteiger partial charge in [-0.3, -0.25) is 4.79 Å². The summed E-state index contributed by atoms with van der Waals surface area (Å²) in [6.07, 6.45) is -2.01. The van der Waals surface area contributed by atoms with Crippen LogP contribution in [0.5, 0.6) is 5.75 Å². The number of hydrogen-bond donors (Lipinski definition) is 2. The number of carboxylic acids is 1. The number of aliphatic carboxylic acids is 1. The zero-order valence-electron chi connectivity index (χ0n) is 24.1. The molecule has 45 heavy (non-hydrogen) atoms. The van der Waals surface area contributed by atoms with Crippen LogP contribution >= 0.6 is 0 Å². The van der Waals surface area contributed by atoms with Crippen LogP contribution in [-0.4, -0.2) is 34.1 Å². The van der Waals surface area contributed by atoms with Crippen molar-refractivity contribution >= 4 is 5.97 Å². The van der Waals surface area contributed by atoms with Crippen LogP contribution in [0.4, 0.5) is 26.3 Å². The van der Waals surface area contributed by atoms with E-state index >= 15 is 0 Å². The lowest BCUT2D eigenvalue weighted by molar-refractivity contribution is -0.139. The first-order valence-corrected chi connectivity index (χ1v) is 14.2. The largest absolute Gasteiger partial charge is 0.508 e. The maximum absolute atomic E-state index is 14.5. The summed E-state index contributed by atoms with van der Waals surface area (Å²) in [5.74, 6) is -2.54. The molecule has 0 saturated carbocycles. The lowest BCUT2D eigenvalue weighted by Crippen LogP contribution is -2.41. The van der Waals surface area contributed by atoms with Gasteiger partial charge >= 0.3 is 12.1 Å². The normalized spacial score (nSPS) is 19.8. The number of carbonyl (C=O) groups is 1. The van der Waals surface area contributed by atoms with Crippen molar-refractivity contribution in [1.82, 2.24) is 0 Å². The molecule has 0 saturated heterocycles. The third-order valence-electron chi connectivity index (χ3n) is 7.49. The van der Waals surface area contributed by atoms with Crippen LogP contribution in [0.1, 0.15) is 36.0 Å². The first-order chi connectivity index (χ1) is 21.3. The van der Waals surface area contributed by atoms with Gasteiger partial charge in [0.1, 0.15) is 29.5 Å². The van der Waals surface area contributed by atoms with E-state index in [1.165, 1.54) is 42.5 Å². The van der Waals surface area contributed by atoms with Crippen LogP contribution in [0, 0.1) is 5.92 Å². The van der Waals surface area contributed by atoms with E-state index in [0.717, 1.165) is 23.3 Å². The number of benzene rings is 3. The van der Waals surface area contributed by atoms with E-state index in [1.54, 1.807) is 48.6 Å². The Bertz CT molecular complexity index is 1510. The van der Waals surface area contributed by atoms with E-state index in [0.29, 0.717) is 11.1 Å². The van der Waals surface area contributed by atoms with Gasteiger partial charge in [-0.15, -0.1) is 0 Å². The Hall–Kier alpha value is -4.31. The molecule has 4 unspecified atom stereocenters. The summed E-state index contributed by atoms with van der Waals surface area (Å²) in [6.45, 7) is 0.0694. The lowest BCUT2D eigenvalue weighted by atomic mass is 9.78. The molecule has 0 spiro atoms. The number of phenolic OH excluding ortho intramolecular Hbond substituents is 1. The summed E-state index contributed by atoms with van der Waals surface area (Å²) in [5.41, 5.74) is 0.923. The zero-order valence-corrected chi connectivity index (χ0v) is 24.1. The second kappa shape index (κ2) is 14.6. The molecule has 4 atom stereocenters. The molecule has 238 valence electrons. The smallest absolute Gasteiger partial charge is 0.416 e. The van der Waals surface area contributed by atoms with Gasteiger partial charge in [-0.05, 0) is 71.2 Å². The molecule has 1 aliphatic carbocycles. The third-order valence-corrected chi connectivity index (χ3v) is 7.49. The maximum atomic E-state index is 14.5. The molecular formula is C35H32F6O4. The Kier molecular flexibility index (Phi) is 10.9. The minimum Gasteiger partial charge on any atom is -0.508 e. The minimum atomic E-state index is -4.43. The Labute approximate surface area is 257 Å². The fraction of sp³-hybridized carbons (Fsp3) is 0.286. The molecule has 4 nitrogen and oxygen atoms in total. The van der Waals surface area contributed by atoms with Gasteiger partial charge in [0.05, 0.1) is 18.6 Å². The topological polar surface area (TPSA) is 66.8 Å². The van der Waals surface area contributed by atoms with Crippen molar-refractivity contribution < 1.29 is 46.1 Å². The summed E-state index contributed by atoms with van der Waals surface area (Å²) in [4.78, 5) is 10.7. The van der Waals surface area contributed by atoms with Crippen molar-refractivity contribution in [2.75, 3.05) is 0 Å². The van der Waals surface area contributed by atoms with E-state index in [4.69, 9.17) is 9.84 Å². The summed E-state index contributed by atoms with van der Waals surface area (Å²) in [6, 6.07) is 18.3. The number of hydrogen-bond acceptors (Lipinski definition) is 3. The number of phenols is 1. The highest BCUT2D eigenvalue weighted by molar-refractivity contribution is 5.67. The quantitative estimate of drug-likeness (QED) is 0.146. The summed E-state index contributed by atoms with van der Waals surface area (Å²) in [7, 11) is 0. The highest BCUT2D eigenvalue weighted by Crippen LogP contribution is 2.37. The first kappa shape index (κ1) is 33.6. The molecule has 0 heterocycles. The average Bonchev–Trinajstić information content (AvgIpc) is 2.98. The highest BCUT2D eigenvalue weighted by atomic mass is 19.4. The molecule has 2 N–H and O–H groups in total. The number of carboxylic acid groups (broad SMARTS) is 1. The van der Waals surface area contributed by atoms with Gasteiger partial charge in [-0.2, -0.15) is 13.2 Å². The summed E-state index contributed by atoms with van der Waals surface area (Å²) < 4.78 is 88.0. The van der Waals surface area contributed by atoms with Crippen LogP contribution in [0.3, 0.4) is 0 Å². The number of allylic oxidation sites excluding steroid dienone is 3. The van der Waals surface area contributed by atoms with E-state index in [9.17, 15) is 36.2 Å². The van der Waals surface area contributed by atoms with Crippen molar-refractivity contribution in [3.05, 3.63) is 126 Å². The molecule has 0 aliphatic heterocycles. The van der Waals surface area contributed by atoms with Crippen LogP contribution < -0.4 is 0 Å². The molecule has 0 bridgehead atoms. The van der Waals surface area contributed by atoms with Gasteiger partial charge in [0.15, 0.2) is 0 Å². The van der Waals surface area contributed by atoms with Gasteiger partial charge in [0.2, 0.25) is 0 Å². The Balaban J connectivity index is 1.53. The fourth-order valence-corrected chi connectivity index (χ4v) is 5.11. The predicted octanol–water partition coefficient (Wildman–Crippen LogP) is 9.10. The second-order valence-electron chi connectivity index (χ2n) is 11.0. The van der Waals surface area contributed by atoms with Gasteiger partial charge in [0.25, 0.3) is 0 Å². The third kappa shape index (κ3) is 9.59. The van der Waals surface area contributed by atoms with E-state index < -0.39 is 60.2 Å². The molecule has 4 rings (SSSR count). The van der Waals surface area contributed by atoms with Crippen molar-refractivity contribution in [3.8, 4) is 16.9 Å². The average molecular weight is 631 g/mol. The Morgan fingerprint density at radius 3 is 2.11 bits per heavy atom.